The molecule has 1 saturated heterocycles. The summed E-state index contributed by atoms with van der Waals surface area (Å²) in [6, 6.07) is 5.08. The van der Waals surface area contributed by atoms with Crippen LogP contribution in [-0.4, -0.2) is 49.8 Å². The van der Waals surface area contributed by atoms with E-state index in [9.17, 15) is 9.59 Å². The van der Waals surface area contributed by atoms with Gasteiger partial charge < -0.3 is 19.5 Å². The van der Waals surface area contributed by atoms with E-state index in [-0.39, 0.29) is 12.5 Å². The van der Waals surface area contributed by atoms with Gasteiger partial charge in [-0.1, -0.05) is 11.8 Å². The number of ether oxygens (including phenoxy) is 3. The van der Waals surface area contributed by atoms with Crippen LogP contribution in [-0.2, 0) is 14.3 Å². The topological polar surface area (TPSA) is 98.6 Å². The van der Waals surface area contributed by atoms with Crippen LogP contribution in [0.2, 0.25) is 0 Å². The third kappa shape index (κ3) is 4.99. The molecule has 1 aromatic rings. The van der Waals surface area contributed by atoms with Gasteiger partial charge in [0.1, 0.15) is 0 Å². The summed E-state index contributed by atoms with van der Waals surface area (Å²) in [5, 5.41) is 10.9. The van der Waals surface area contributed by atoms with Crippen LogP contribution in [0.4, 0.5) is 0 Å². The fourth-order valence-electron chi connectivity index (χ4n) is 1.61. The smallest absolute Gasteiger partial charge is 0.343 e. The van der Waals surface area contributed by atoms with Crippen molar-refractivity contribution in [1.29, 1.82) is 0 Å². The number of amidine groups is 1. The van der Waals surface area contributed by atoms with Crippen LogP contribution in [0.5, 0.6) is 11.5 Å². The second-order valence-corrected chi connectivity index (χ2v) is 5.23. The number of methoxy groups -OCH3 is 2. The van der Waals surface area contributed by atoms with Crippen LogP contribution in [0.15, 0.2) is 28.4 Å². The van der Waals surface area contributed by atoms with Crippen molar-refractivity contribution in [3.63, 3.8) is 0 Å². The number of amides is 1. The van der Waals surface area contributed by atoms with Gasteiger partial charge in [0.2, 0.25) is 5.91 Å². The summed E-state index contributed by atoms with van der Waals surface area (Å²) < 4.78 is 15.0. The Balaban J connectivity index is 2.03. The summed E-state index contributed by atoms with van der Waals surface area (Å²) in [6.07, 6.45) is 1.52. The fraction of sp³-hybridized carbons (Fsp3) is 0.286. The summed E-state index contributed by atoms with van der Waals surface area (Å²) >= 11 is 1.29. The van der Waals surface area contributed by atoms with E-state index in [0.717, 1.165) is 5.56 Å². The van der Waals surface area contributed by atoms with E-state index in [4.69, 9.17) is 9.47 Å². The summed E-state index contributed by atoms with van der Waals surface area (Å²) in [4.78, 5) is 22.1. The summed E-state index contributed by atoms with van der Waals surface area (Å²) in [5.74, 6) is 0.658. The summed E-state index contributed by atoms with van der Waals surface area (Å²) in [5.41, 5.74) is 0.728. The molecule has 1 heterocycles. The lowest BCUT2D eigenvalue weighted by molar-refractivity contribution is -0.142. The lowest BCUT2D eigenvalue weighted by atomic mass is 10.2. The molecule has 8 nitrogen and oxygen atoms in total. The average molecular weight is 337 g/mol. The van der Waals surface area contributed by atoms with Gasteiger partial charge in [0.05, 0.1) is 26.2 Å². The van der Waals surface area contributed by atoms with Crippen LogP contribution < -0.4 is 14.8 Å². The molecule has 0 radical (unpaired) electrons. The van der Waals surface area contributed by atoms with Gasteiger partial charge in [-0.2, -0.15) is 5.10 Å². The van der Waals surface area contributed by atoms with Gasteiger partial charge in [0.15, 0.2) is 23.3 Å². The number of thioether (sulfide) groups is 1. The van der Waals surface area contributed by atoms with Crippen molar-refractivity contribution < 1.29 is 23.8 Å². The Bertz CT molecular complexity index is 660. The molecule has 1 amide bonds. The van der Waals surface area contributed by atoms with Crippen molar-refractivity contribution in [3.05, 3.63) is 23.8 Å². The molecule has 0 spiro atoms. The van der Waals surface area contributed by atoms with Crippen LogP contribution in [0, 0.1) is 0 Å². The number of esters is 1. The van der Waals surface area contributed by atoms with Crippen LogP contribution in [0.25, 0.3) is 0 Å². The number of benzene rings is 1. The minimum absolute atomic E-state index is 0.0854. The standard InChI is InChI=1S/C14H15N3O5S/c1-20-11-5-9(3-4-10(11)22-7-13(19)21-2)6-15-17-14-16-12(18)8-23-14/h3-6H,7-8H2,1-2H3,(H,16,17,18). The zero-order valence-electron chi connectivity index (χ0n) is 12.6. The molecular formula is C14H15N3O5S. The summed E-state index contributed by atoms with van der Waals surface area (Å²) in [7, 11) is 2.78. The number of hydrogen-bond donors (Lipinski definition) is 1. The van der Waals surface area contributed by atoms with Crippen molar-refractivity contribution in [2.24, 2.45) is 10.2 Å². The molecule has 1 fully saturated rings. The molecule has 9 heteroatoms. The van der Waals surface area contributed by atoms with Gasteiger partial charge in [0.25, 0.3) is 0 Å². The normalized spacial score (nSPS) is 15.7. The van der Waals surface area contributed by atoms with Crippen LogP contribution in [0.1, 0.15) is 5.56 Å². The molecule has 0 aliphatic carbocycles. The zero-order valence-corrected chi connectivity index (χ0v) is 13.4. The molecule has 122 valence electrons. The Morgan fingerprint density at radius 3 is 2.87 bits per heavy atom. The van der Waals surface area contributed by atoms with E-state index in [1.54, 1.807) is 18.2 Å². The van der Waals surface area contributed by atoms with E-state index >= 15 is 0 Å². The SMILES string of the molecule is COC(=O)COc1ccc(C=NN=C2NC(=O)CS2)cc1OC. The molecule has 2 rings (SSSR count). The number of nitrogens with one attached hydrogen (secondary N) is 1. The second-order valence-electron chi connectivity index (χ2n) is 4.26. The fourth-order valence-corrected chi connectivity index (χ4v) is 2.24. The number of nitrogens with zero attached hydrogens (tertiary/aromatic N) is 2. The van der Waals surface area contributed by atoms with Gasteiger partial charge in [-0.25, -0.2) is 4.79 Å². The minimum atomic E-state index is -0.482. The van der Waals surface area contributed by atoms with Crippen molar-refractivity contribution >= 4 is 35.0 Å². The van der Waals surface area contributed by atoms with E-state index in [2.05, 4.69) is 20.3 Å². The third-order valence-electron chi connectivity index (χ3n) is 2.70. The predicted molar refractivity (Wildman–Crippen MR) is 86.1 cm³/mol. The first-order valence-electron chi connectivity index (χ1n) is 6.53. The Morgan fingerprint density at radius 1 is 1.39 bits per heavy atom. The Kier molecular flexibility index (Phi) is 5.98. The highest BCUT2D eigenvalue weighted by Crippen LogP contribution is 2.27. The molecule has 1 aliphatic rings. The molecule has 1 aliphatic heterocycles. The van der Waals surface area contributed by atoms with Gasteiger partial charge >= 0.3 is 5.97 Å². The quantitative estimate of drug-likeness (QED) is 0.468. The molecule has 1 N–H and O–H groups in total. The van der Waals surface area contributed by atoms with Gasteiger partial charge in [-0.05, 0) is 23.8 Å². The van der Waals surface area contributed by atoms with E-state index < -0.39 is 5.97 Å². The first-order chi connectivity index (χ1) is 11.1. The first-order valence-corrected chi connectivity index (χ1v) is 7.52. The minimum Gasteiger partial charge on any atom is -0.493 e. The monoisotopic (exact) mass is 337 g/mol. The van der Waals surface area contributed by atoms with Crippen molar-refractivity contribution in [2.45, 2.75) is 0 Å². The van der Waals surface area contributed by atoms with Crippen LogP contribution >= 0.6 is 11.8 Å². The number of rotatable bonds is 6. The third-order valence-corrected chi connectivity index (χ3v) is 3.57. The molecule has 1 aromatic carbocycles. The lowest BCUT2D eigenvalue weighted by Crippen LogP contribution is -2.19. The van der Waals surface area contributed by atoms with E-state index in [1.165, 1.54) is 32.2 Å². The van der Waals surface area contributed by atoms with Crippen molar-refractivity contribution in [2.75, 3.05) is 26.6 Å². The molecule has 23 heavy (non-hydrogen) atoms. The largest absolute Gasteiger partial charge is 0.493 e. The Labute approximate surface area is 136 Å². The number of carbonyl (C=O) groups excluding carboxylic acids is 2. The number of carbonyl (C=O) groups is 2. The zero-order chi connectivity index (χ0) is 16.7. The summed E-state index contributed by atoms with van der Waals surface area (Å²) in [6.45, 7) is -0.204. The van der Waals surface area contributed by atoms with Gasteiger partial charge in [-0.3, -0.25) is 4.79 Å². The molecular weight excluding hydrogens is 322 g/mol. The Morgan fingerprint density at radius 2 is 2.22 bits per heavy atom. The molecule has 0 bridgehead atoms. The van der Waals surface area contributed by atoms with Crippen LogP contribution in [0.3, 0.4) is 0 Å². The van der Waals surface area contributed by atoms with Crippen molar-refractivity contribution in [1.82, 2.24) is 5.32 Å². The second kappa shape index (κ2) is 8.18. The predicted octanol–water partition coefficient (Wildman–Crippen LogP) is 0.800. The molecule has 0 unspecified atom stereocenters. The van der Waals surface area contributed by atoms with Gasteiger partial charge in [-0.15, -0.1) is 5.10 Å². The van der Waals surface area contributed by atoms with Crippen molar-refractivity contribution in [3.8, 4) is 11.5 Å². The molecule has 0 atom stereocenters. The lowest BCUT2D eigenvalue weighted by Gasteiger charge is -2.10. The molecule has 0 aromatic heterocycles. The highest BCUT2D eigenvalue weighted by molar-refractivity contribution is 8.15. The highest BCUT2D eigenvalue weighted by atomic mass is 32.2. The van der Waals surface area contributed by atoms with E-state index in [0.29, 0.717) is 22.4 Å². The molecule has 0 saturated carbocycles. The highest BCUT2D eigenvalue weighted by Gasteiger charge is 2.16. The average Bonchev–Trinajstić information content (AvgIpc) is 2.98. The Hall–Kier alpha value is -2.55. The number of hydrogen-bond acceptors (Lipinski definition) is 8. The maximum Gasteiger partial charge on any atom is 0.343 e. The first kappa shape index (κ1) is 16.8. The van der Waals surface area contributed by atoms with Gasteiger partial charge in [0, 0.05) is 0 Å². The maximum atomic E-state index is 11.1. The van der Waals surface area contributed by atoms with E-state index in [1.807, 2.05) is 0 Å². The maximum absolute atomic E-state index is 11.1.